The Hall–Kier alpha value is -0.870. The standard InChI is InChI=1S/C13H10Br2O2/c1-7-6-10(14)8(2)5-9(7)13(16)11-3-4-12(15)17-11/h3-6H,1-2H3. The molecule has 0 aliphatic rings. The molecule has 0 saturated heterocycles. The van der Waals surface area contributed by atoms with E-state index in [-0.39, 0.29) is 5.78 Å². The largest absolute Gasteiger partial charge is 0.446 e. The Morgan fingerprint density at radius 2 is 1.82 bits per heavy atom. The second kappa shape index (κ2) is 4.78. The first-order valence-corrected chi connectivity index (χ1v) is 6.64. The van der Waals surface area contributed by atoms with E-state index in [0.29, 0.717) is 16.0 Å². The van der Waals surface area contributed by atoms with Crippen molar-refractivity contribution < 1.29 is 9.21 Å². The van der Waals surface area contributed by atoms with E-state index in [0.717, 1.165) is 15.6 Å². The third-order valence-corrected chi connectivity index (χ3v) is 3.83. The highest BCUT2D eigenvalue weighted by atomic mass is 79.9. The number of halogens is 2. The third kappa shape index (κ3) is 2.53. The summed E-state index contributed by atoms with van der Waals surface area (Å²) >= 11 is 6.64. The monoisotopic (exact) mass is 356 g/mol. The summed E-state index contributed by atoms with van der Waals surface area (Å²) in [6, 6.07) is 7.20. The molecule has 2 rings (SSSR count). The molecular formula is C13H10Br2O2. The van der Waals surface area contributed by atoms with Gasteiger partial charge in [-0.2, -0.15) is 0 Å². The summed E-state index contributed by atoms with van der Waals surface area (Å²) in [6.07, 6.45) is 0. The summed E-state index contributed by atoms with van der Waals surface area (Å²) in [5.74, 6) is 0.255. The Balaban J connectivity index is 2.47. The molecule has 0 saturated carbocycles. The predicted octanol–water partition coefficient (Wildman–Crippen LogP) is 4.65. The number of carbonyl (C=O) groups is 1. The molecule has 2 nitrogen and oxygen atoms in total. The molecule has 0 aliphatic heterocycles. The molecule has 0 atom stereocenters. The lowest BCUT2D eigenvalue weighted by Gasteiger charge is -2.06. The third-order valence-electron chi connectivity index (χ3n) is 2.55. The van der Waals surface area contributed by atoms with Crippen molar-refractivity contribution in [1.29, 1.82) is 0 Å². The van der Waals surface area contributed by atoms with Crippen LogP contribution in [0.25, 0.3) is 0 Å². The van der Waals surface area contributed by atoms with Crippen LogP contribution in [0.15, 0.2) is 37.8 Å². The molecule has 2 aromatic rings. The molecule has 0 fully saturated rings. The summed E-state index contributed by atoms with van der Waals surface area (Å²) in [4.78, 5) is 12.2. The maximum absolute atomic E-state index is 12.2. The van der Waals surface area contributed by atoms with Crippen LogP contribution >= 0.6 is 31.9 Å². The molecule has 0 spiro atoms. The number of hydrogen-bond acceptors (Lipinski definition) is 2. The number of ketones is 1. The highest BCUT2D eigenvalue weighted by Gasteiger charge is 2.16. The SMILES string of the molecule is Cc1cc(C(=O)c2ccc(Br)o2)c(C)cc1Br. The van der Waals surface area contributed by atoms with Crippen molar-refractivity contribution in [2.24, 2.45) is 0 Å². The lowest BCUT2D eigenvalue weighted by atomic mass is 10.0. The van der Waals surface area contributed by atoms with Crippen LogP contribution in [0.2, 0.25) is 0 Å². The van der Waals surface area contributed by atoms with Gasteiger partial charge in [0.05, 0.1) is 0 Å². The molecule has 1 heterocycles. The minimum Gasteiger partial charge on any atom is -0.446 e. The van der Waals surface area contributed by atoms with Gasteiger partial charge in [0.25, 0.3) is 0 Å². The zero-order valence-electron chi connectivity index (χ0n) is 9.38. The molecule has 17 heavy (non-hydrogen) atoms. The highest BCUT2D eigenvalue weighted by Crippen LogP contribution is 2.24. The van der Waals surface area contributed by atoms with Gasteiger partial charge in [-0.1, -0.05) is 15.9 Å². The summed E-state index contributed by atoms with van der Waals surface area (Å²) in [6.45, 7) is 3.87. The van der Waals surface area contributed by atoms with Crippen molar-refractivity contribution in [3.05, 3.63) is 55.9 Å². The number of rotatable bonds is 2. The van der Waals surface area contributed by atoms with E-state index in [4.69, 9.17) is 4.42 Å². The van der Waals surface area contributed by atoms with Gasteiger partial charge in [0, 0.05) is 10.0 Å². The molecule has 0 N–H and O–H groups in total. The van der Waals surface area contributed by atoms with Crippen LogP contribution in [0.1, 0.15) is 27.2 Å². The first-order valence-electron chi connectivity index (χ1n) is 5.06. The van der Waals surface area contributed by atoms with Crippen LogP contribution in [0.3, 0.4) is 0 Å². The molecule has 0 radical (unpaired) electrons. The minimum atomic E-state index is -0.0937. The number of aryl methyl sites for hydroxylation is 2. The molecule has 0 amide bonds. The van der Waals surface area contributed by atoms with Gasteiger partial charge >= 0.3 is 0 Å². The molecule has 0 aliphatic carbocycles. The molecule has 1 aromatic carbocycles. The normalized spacial score (nSPS) is 10.6. The fraction of sp³-hybridized carbons (Fsp3) is 0.154. The first-order chi connectivity index (χ1) is 7.99. The van der Waals surface area contributed by atoms with Crippen LogP contribution in [0.5, 0.6) is 0 Å². The van der Waals surface area contributed by atoms with Gasteiger partial charge in [-0.15, -0.1) is 0 Å². The molecule has 4 heteroatoms. The molecule has 1 aromatic heterocycles. The lowest BCUT2D eigenvalue weighted by molar-refractivity contribution is 0.101. The summed E-state index contributed by atoms with van der Waals surface area (Å²) in [5.41, 5.74) is 2.64. The average molecular weight is 358 g/mol. The van der Waals surface area contributed by atoms with Crippen molar-refractivity contribution in [2.75, 3.05) is 0 Å². The van der Waals surface area contributed by atoms with Crippen LogP contribution in [0.4, 0.5) is 0 Å². The van der Waals surface area contributed by atoms with Gasteiger partial charge in [-0.05, 0) is 65.2 Å². The Labute approximate surface area is 116 Å². The molecule has 0 bridgehead atoms. The van der Waals surface area contributed by atoms with Crippen LogP contribution < -0.4 is 0 Å². The Morgan fingerprint density at radius 3 is 2.41 bits per heavy atom. The van der Waals surface area contributed by atoms with Gasteiger partial charge in [-0.25, -0.2) is 0 Å². The maximum Gasteiger partial charge on any atom is 0.228 e. The predicted molar refractivity (Wildman–Crippen MR) is 73.5 cm³/mol. The first kappa shape index (κ1) is 12.6. The zero-order valence-corrected chi connectivity index (χ0v) is 12.6. The Morgan fingerprint density at radius 1 is 1.12 bits per heavy atom. The molecule has 88 valence electrons. The minimum absolute atomic E-state index is 0.0937. The van der Waals surface area contributed by atoms with Gasteiger partial charge in [-0.3, -0.25) is 4.79 Å². The van der Waals surface area contributed by atoms with E-state index in [1.807, 2.05) is 26.0 Å². The fourth-order valence-corrected chi connectivity index (χ4v) is 2.36. The lowest BCUT2D eigenvalue weighted by Crippen LogP contribution is -2.03. The zero-order chi connectivity index (χ0) is 12.6. The average Bonchev–Trinajstić information content (AvgIpc) is 2.69. The summed E-state index contributed by atoms with van der Waals surface area (Å²) < 4.78 is 6.85. The second-order valence-electron chi connectivity index (χ2n) is 3.85. The van der Waals surface area contributed by atoms with Crippen molar-refractivity contribution >= 4 is 37.6 Å². The van der Waals surface area contributed by atoms with Gasteiger partial charge in [0.1, 0.15) is 0 Å². The fourth-order valence-electron chi connectivity index (χ4n) is 1.59. The van der Waals surface area contributed by atoms with Crippen LogP contribution in [-0.4, -0.2) is 5.78 Å². The smallest absolute Gasteiger partial charge is 0.228 e. The molecular weight excluding hydrogens is 348 g/mol. The van der Waals surface area contributed by atoms with Crippen molar-refractivity contribution in [3.63, 3.8) is 0 Å². The maximum atomic E-state index is 12.2. The second-order valence-corrected chi connectivity index (χ2v) is 5.49. The van der Waals surface area contributed by atoms with Crippen LogP contribution in [-0.2, 0) is 0 Å². The van der Waals surface area contributed by atoms with E-state index in [9.17, 15) is 4.79 Å². The Bertz CT molecular complexity index is 585. The van der Waals surface area contributed by atoms with E-state index in [1.54, 1.807) is 12.1 Å². The summed E-state index contributed by atoms with van der Waals surface area (Å²) in [5, 5.41) is 0. The van der Waals surface area contributed by atoms with E-state index < -0.39 is 0 Å². The molecule has 0 unspecified atom stereocenters. The van der Waals surface area contributed by atoms with Crippen molar-refractivity contribution in [1.82, 2.24) is 0 Å². The number of furan rings is 1. The van der Waals surface area contributed by atoms with Gasteiger partial charge < -0.3 is 4.42 Å². The Kier molecular flexibility index (Phi) is 3.54. The highest BCUT2D eigenvalue weighted by molar-refractivity contribution is 9.10. The van der Waals surface area contributed by atoms with Crippen LogP contribution in [0, 0.1) is 13.8 Å². The topological polar surface area (TPSA) is 30.2 Å². The van der Waals surface area contributed by atoms with E-state index in [1.165, 1.54) is 0 Å². The quantitative estimate of drug-likeness (QED) is 0.732. The number of hydrogen-bond donors (Lipinski definition) is 0. The van der Waals surface area contributed by atoms with Crippen molar-refractivity contribution in [3.8, 4) is 0 Å². The van der Waals surface area contributed by atoms with E-state index >= 15 is 0 Å². The van der Waals surface area contributed by atoms with Crippen molar-refractivity contribution in [2.45, 2.75) is 13.8 Å². The number of benzene rings is 1. The van der Waals surface area contributed by atoms with Gasteiger partial charge in [0.2, 0.25) is 5.78 Å². The summed E-state index contributed by atoms with van der Waals surface area (Å²) in [7, 11) is 0. The van der Waals surface area contributed by atoms with E-state index in [2.05, 4.69) is 31.9 Å². The number of carbonyl (C=O) groups excluding carboxylic acids is 1. The van der Waals surface area contributed by atoms with Gasteiger partial charge in [0.15, 0.2) is 10.4 Å².